The number of esters is 1. The van der Waals surface area contributed by atoms with Crippen LogP contribution in [0.25, 0.3) is 22.4 Å². The summed E-state index contributed by atoms with van der Waals surface area (Å²) in [5, 5.41) is 0.535. The minimum absolute atomic E-state index is 0.186. The van der Waals surface area contributed by atoms with Crippen molar-refractivity contribution in [3.8, 4) is 17.1 Å². The minimum atomic E-state index is -0.952. The van der Waals surface area contributed by atoms with E-state index in [4.69, 9.17) is 26.1 Å². The van der Waals surface area contributed by atoms with E-state index in [2.05, 4.69) is 0 Å². The number of nitrogens with zero attached hydrogens (tertiary/aromatic N) is 2. The molecule has 0 radical (unpaired) electrons. The van der Waals surface area contributed by atoms with E-state index in [0.717, 1.165) is 30.0 Å². The summed E-state index contributed by atoms with van der Waals surface area (Å²) in [6.07, 6.45) is 4.70. The molecule has 37 heavy (non-hydrogen) atoms. The Morgan fingerprint density at radius 1 is 1.03 bits per heavy atom. The van der Waals surface area contributed by atoms with Gasteiger partial charge in [0.2, 0.25) is 0 Å². The van der Waals surface area contributed by atoms with Crippen molar-refractivity contribution in [2.75, 3.05) is 6.61 Å². The van der Waals surface area contributed by atoms with Crippen LogP contribution in [-0.4, -0.2) is 22.1 Å². The fourth-order valence-electron chi connectivity index (χ4n) is 4.78. The largest absolute Gasteiger partial charge is 0.492 e. The van der Waals surface area contributed by atoms with Crippen molar-refractivity contribution in [1.82, 2.24) is 9.55 Å². The molecule has 3 aromatic carbocycles. The second kappa shape index (κ2) is 10.9. The smallest absolute Gasteiger partial charge is 0.302 e. The fraction of sp³-hybridized carbons (Fsp3) is 0.310. The Balaban J connectivity index is 1.53. The first-order valence-electron chi connectivity index (χ1n) is 12.4. The van der Waals surface area contributed by atoms with Crippen LogP contribution in [0.3, 0.4) is 0 Å². The van der Waals surface area contributed by atoms with Gasteiger partial charge in [-0.25, -0.2) is 13.8 Å². The van der Waals surface area contributed by atoms with Gasteiger partial charge < -0.3 is 14.0 Å². The SMILES string of the molecule is CC(=O)OCc1ccc(Cn2c(-c3ccc(Cl)cc3OCC3CCCC3)nc3cc(F)c(F)cc32)cc1. The van der Waals surface area contributed by atoms with Gasteiger partial charge >= 0.3 is 5.97 Å². The van der Waals surface area contributed by atoms with Gasteiger partial charge in [0, 0.05) is 30.6 Å². The summed E-state index contributed by atoms with van der Waals surface area (Å²) in [7, 11) is 0. The van der Waals surface area contributed by atoms with Crippen molar-refractivity contribution >= 4 is 28.6 Å². The van der Waals surface area contributed by atoms with Crippen LogP contribution in [0.2, 0.25) is 5.02 Å². The summed E-state index contributed by atoms with van der Waals surface area (Å²) >= 11 is 6.31. The van der Waals surface area contributed by atoms with E-state index >= 15 is 0 Å². The number of fused-ring (bicyclic) bond motifs is 1. The lowest BCUT2D eigenvalue weighted by Crippen LogP contribution is -2.09. The molecular formula is C29H27ClF2N2O3. The van der Waals surface area contributed by atoms with Crippen LogP contribution >= 0.6 is 11.6 Å². The maximum Gasteiger partial charge on any atom is 0.302 e. The van der Waals surface area contributed by atoms with Gasteiger partial charge in [0.1, 0.15) is 18.2 Å². The summed E-state index contributed by atoms with van der Waals surface area (Å²) < 4.78 is 41.6. The highest BCUT2D eigenvalue weighted by Crippen LogP contribution is 2.36. The van der Waals surface area contributed by atoms with Gasteiger partial charge in [-0.1, -0.05) is 48.7 Å². The van der Waals surface area contributed by atoms with E-state index in [0.29, 0.717) is 52.3 Å². The standard InChI is InChI=1S/C29H27ClF2N2O3/c1-18(35)36-16-21-8-6-19(7-9-21)15-34-27-14-25(32)24(31)13-26(27)33-29(34)23-11-10-22(30)12-28(23)37-17-20-4-2-3-5-20/h6-14,20H,2-5,15-17H2,1H3. The molecule has 0 spiro atoms. The van der Waals surface area contributed by atoms with Gasteiger partial charge in [-0.15, -0.1) is 0 Å². The van der Waals surface area contributed by atoms with Gasteiger partial charge in [-0.2, -0.15) is 0 Å². The Kier molecular flexibility index (Phi) is 7.42. The van der Waals surface area contributed by atoms with Crippen molar-refractivity contribution < 1.29 is 23.0 Å². The molecule has 1 aromatic heterocycles. The van der Waals surface area contributed by atoms with Gasteiger partial charge in [0.15, 0.2) is 11.6 Å². The molecule has 1 aliphatic carbocycles. The molecule has 0 atom stereocenters. The second-order valence-corrected chi connectivity index (χ2v) is 9.91. The molecule has 1 heterocycles. The lowest BCUT2D eigenvalue weighted by molar-refractivity contribution is -0.142. The van der Waals surface area contributed by atoms with Gasteiger partial charge in [0.25, 0.3) is 0 Å². The van der Waals surface area contributed by atoms with E-state index < -0.39 is 11.6 Å². The summed E-state index contributed by atoms with van der Waals surface area (Å²) in [6, 6.07) is 15.2. The number of hydrogen-bond acceptors (Lipinski definition) is 4. The molecule has 0 saturated heterocycles. The Morgan fingerprint density at radius 3 is 2.46 bits per heavy atom. The first kappa shape index (κ1) is 25.2. The Labute approximate surface area is 219 Å². The van der Waals surface area contributed by atoms with Crippen LogP contribution in [0.15, 0.2) is 54.6 Å². The monoisotopic (exact) mass is 524 g/mol. The second-order valence-electron chi connectivity index (χ2n) is 9.48. The van der Waals surface area contributed by atoms with Crippen LogP contribution < -0.4 is 4.74 Å². The quantitative estimate of drug-likeness (QED) is 0.227. The molecular weight excluding hydrogens is 498 g/mol. The van der Waals surface area contributed by atoms with Crippen molar-refractivity contribution in [2.24, 2.45) is 5.92 Å². The third kappa shape index (κ3) is 5.77. The summed E-state index contributed by atoms with van der Waals surface area (Å²) in [6.45, 7) is 2.49. The first-order chi connectivity index (χ1) is 17.9. The van der Waals surface area contributed by atoms with Gasteiger partial charge in [-0.3, -0.25) is 4.79 Å². The maximum absolute atomic E-state index is 14.3. The maximum atomic E-state index is 14.3. The predicted octanol–water partition coefficient (Wildman–Crippen LogP) is 7.32. The van der Waals surface area contributed by atoms with Crippen LogP contribution in [0.4, 0.5) is 8.78 Å². The number of benzene rings is 3. The summed E-state index contributed by atoms with van der Waals surface area (Å²) in [5.74, 6) is -0.616. The number of halogens is 3. The van der Waals surface area contributed by atoms with Gasteiger partial charge in [-0.05, 0) is 48.1 Å². The van der Waals surface area contributed by atoms with Crippen molar-refractivity contribution in [3.05, 3.63) is 82.4 Å². The van der Waals surface area contributed by atoms with Crippen LogP contribution in [-0.2, 0) is 22.7 Å². The minimum Gasteiger partial charge on any atom is -0.492 e. The lowest BCUT2D eigenvalue weighted by Gasteiger charge is -2.16. The third-order valence-electron chi connectivity index (χ3n) is 6.73. The van der Waals surface area contributed by atoms with Gasteiger partial charge in [0.05, 0.1) is 23.2 Å². The molecule has 4 aromatic rings. The van der Waals surface area contributed by atoms with Crippen molar-refractivity contribution in [3.63, 3.8) is 0 Å². The molecule has 8 heteroatoms. The van der Waals surface area contributed by atoms with E-state index in [-0.39, 0.29) is 12.6 Å². The van der Waals surface area contributed by atoms with Crippen LogP contribution in [0, 0.1) is 17.6 Å². The Hall–Kier alpha value is -3.45. The molecule has 0 unspecified atom stereocenters. The molecule has 5 rings (SSSR count). The molecule has 5 nitrogen and oxygen atoms in total. The molecule has 1 fully saturated rings. The number of carbonyl (C=O) groups excluding carboxylic acids is 1. The van der Waals surface area contributed by atoms with Crippen molar-refractivity contribution in [1.29, 1.82) is 0 Å². The average molecular weight is 525 g/mol. The fourth-order valence-corrected chi connectivity index (χ4v) is 4.94. The molecule has 0 bridgehead atoms. The number of hydrogen-bond donors (Lipinski definition) is 0. The molecule has 0 aliphatic heterocycles. The zero-order valence-corrected chi connectivity index (χ0v) is 21.2. The lowest BCUT2D eigenvalue weighted by atomic mass is 10.1. The molecule has 192 valence electrons. The normalized spacial score (nSPS) is 13.8. The van der Waals surface area contributed by atoms with Crippen molar-refractivity contribution in [2.45, 2.75) is 45.8 Å². The Bertz CT molecular complexity index is 1430. The average Bonchev–Trinajstić information content (AvgIpc) is 3.51. The zero-order chi connectivity index (χ0) is 25.9. The van der Waals surface area contributed by atoms with Crippen LogP contribution in [0.5, 0.6) is 5.75 Å². The first-order valence-corrected chi connectivity index (χ1v) is 12.7. The van der Waals surface area contributed by atoms with E-state index in [1.165, 1.54) is 25.8 Å². The highest BCUT2D eigenvalue weighted by atomic mass is 35.5. The molecule has 0 amide bonds. The Morgan fingerprint density at radius 2 is 1.73 bits per heavy atom. The number of ether oxygens (including phenoxy) is 2. The number of carbonyl (C=O) groups is 1. The summed E-state index contributed by atoms with van der Waals surface area (Å²) in [4.78, 5) is 15.8. The molecule has 1 aliphatic rings. The predicted molar refractivity (Wildman–Crippen MR) is 139 cm³/mol. The number of imidazole rings is 1. The van der Waals surface area contributed by atoms with E-state index in [1.807, 2.05) is 34.9 Å². The van der Waals surface area contributed by atoms with E-state index in [1.54, 1.807) is 12.1 Å². The van der Waals surface area contributed by atoms with Crippen LogP contribution in [0.1, 0.15) is 43.7 Å². The number of aromatic nitrogens is 2. The third-order valence-corrected chi connectivity index (χ3v) is 6.96. The topological polar surface area (TPSA) is 53.4 Å². The summed E-state index contributed by atoms with van der Waals surface area (Å²) in [5.41, 5.74) is 3.28. The number of rotatable bonds is 8. The molecule has 0 N–H and O–H groups in total. The van der Waals surface area contributed by atoms with E-state index in [9.17, 15) is 13.6 Å². The highest BCUT2D eigenvalue weighted by Gasteiger charge is 2.21. The zero-order valence-electron chi connectivity index (χ0n) is 20.5. The molecule has 1 saturated carbocycles. The highest BCUT2D eigenvalue weighted by molar-refractivity contribution is 6.30.